The largest absolute Gasteiger partial charge is 0.497 e. The van der Waals surface area contributed by atoms with Crippen LogP contribution in [0.25, 0.3) is 5.57 Å². The van der Waals surface area contributed by atoms with E-state index in [9.17, 15) is 19.5 Å². The molecule has 0 aliphatic carbocycles. The number of carboxylic acid groups (broad SMARTS) is 2. The summed E-state index contributed by atoms with van der Waals surface area (Å²) in [5.41, 5.74) is 1.38. The molecule has 0 aromatic heterocycles. The number of rotatable bonds is 6. The Labute approximate surface area is 153 Å². The Hall–Kier alpha value is -2.39. The van der Waals surface area contributed by atoms with Crippen LogP contribution < -0.4 is 4.74 Å². The minimum absolute atomic E-state index is 0.0292. The molecule has 0 saturated carbocycles. The van der Waals surface area contributed by atoms with E-state index in [2.05, 4.69) is 0 Å². The van der Waals surface area contributed by atoms with Crippen molar-refractivity contribution in [3.8, 4) is 5.75 Å². The normalized spacial score (nSPS) is 17.4. The van der Waals surface area contributed by atoms with E-state index in [4.69, 9.17) is 22.1 Å². The third kappa shape index (κ3) is 3.99. The van der Waals surface area contributed by atoms with Crippen molar-refractivity contribution >= 4 is 51.7 Å². The van der Waals surface area contributed by atoms with Gasteiger partial charge in [-0.25, -0.2) is 4.79 Å². The highest BCUT2D eigenvalue weighted by molar-refractivity contribution is 8.26. The SMILES string of the molecule is COc1ccc(C(C)=C2SC(=S)N(C(CC(=O)O)C(=O)O)C2=O)cc1. The second-order valence-corrected chi connectivity index (χ2v) is 6.82. The van der Waals surface area contributed by atoms with Gasteiger partial charge >= 0.3 is 11.9 Å². The monoisotopic (exact) mass is 381 g/mol. The highest BCUT2D eigenvalue weighted by Gasteiger charge is 2.42. The molecule has 9 heteroatoms. The van der Waals surface area contributed by atoms with Crippen LogP contribution in [0.3, 0.4) is 0 Å². The van der Waals surface area contributed by atoms with E-state index in [1.54, 1.807) is 38.3 Å². The molecule has 1 amide bonds. The predicted molar refractivity (Wildman–Crippen MR) is 96.3 cm³/mol. The van der Waals surface area contributed by atoms with Gasteiger partial charge in [0.05, 0.1) is 18.4 Å². The van der Waals surface area contributed by atoms with Crippen LogP contribution in [0.2, 0.25) is 0 Å². The number of benzene rings is 1. The van der Waals surface area contributed by atoms with Crippen LogP contribution >= 0.6 is 24.0 Å². The maximum Gasteiger partial charge on any atom is 0.327 e. The van der Waals surface area contributed by atoms with Crippen molar-refractivity contribution in [2.45, 2.75) is 19.4 Å². The average Bonchev–Trinajstić information content (AvgIpc) is 2.86. The molecule has 1 unspecified atom stereocenters. The lowest BCUT2D eigenvalue weighted by atomic mass is 10.1. The van der Waals surface area contributed by atoms with Gasteiger partial charge in [-0.05, 0) is 30.2 Å². The molecular formula is C16H15NO6S2. The van der Waals surface area contributed by atoms with Gasteiger partial charge in [-0.15, -0.1) is 0 Å². The number of thiocarbonyl (C=S) groups is 1. The highest BCUT2D eigenvalue weighted by atomic mass is 32.2. The van der Waals surface area contributed by atoms with Gasteiger partial charge in [0.1, 0.15) is 16.1 Å². The van der Waals surface area contributed by atoms with E-state index < -0.39 is 30.3 Å². The first-order valence-corrected chi connectivity index (χ1v) is 8.34. The number of carbonyl (C=O) groups excluding carboxylic acids is 1. The molecule has 2 N–H and O–H groups in total. The number of thioether (sulfide) groups is 1. The van der Waals surface area contributed by atoms with E-state index in [1.807, 2.05) is 0 Å². The Bertz CT molecular complexity index is 771. The smallest absolute Gasteiger partial charge is 0.327 e. The van der Waals surface area contributed by atoms with Crippen LogP contribution in [-0.2, 0) is 14.4 Å². The third-order valence-corrected chi connectivity index (χ3v) is 5.13. The molecule has 1 aliphatic heterocycles. The first-order valence-electron chi connectivity index (χ1n) is 7.11. The van der Waals surface area contributed by atoms with Crippen molar-refractivity contribution in [3.63, 3.8) is 0 Å². The van der Waals surface area contributed by atoms with Crippen molar-refractivity contribution in [3.05, 3.63) is 34.7 Å². The fourth-order valence-corrected chi connectivity index (χ4v) is 3.70. The van der Waals surface area contributed by atoms with Gasteiger partial charge in [0.2, 0.25) is 0 Å². The summed E-state index contributed by atoms with van der Waals surface area (Å²) < 4.78 is 5.12. The minimum Gasteiger partial charge on any atom is -0.497 e. The molecule has 1 fully saturated rings. The van der Waals surface area contributed by atoms with Crippen LogP contribution in [0, 0.1) is 0 Å². The summed E-state index contributed by atoms with van der Waals surface area (Å²) in [6.45, 7) is 1.72. The molecule has 132 valence electrons. The summed E-state index contributed by atoms with van der Waals surface area (Å²) in [6.07, 6.45) is -0.726. The molecule has 0 radical (unpaired) electrons. The lowest BCUT2D eigenvalue weighted by Gasteiger charge is -2.21. The van der Waals surface area contributed by atoms with Crippen molar-refractivity contribution in [1.82, 2.24) is 4.90 Å². The topological polar surface area (TPSA) is 104 Å². The van der Waals surface area contributed by atoms with Crippen LogP contribution in [0.4, 0.5) is 0 Å². The van der Waals surface area contributed by atoms with Crippen LogP contribution in [0.15, 0.2) is 29.2 Å². The minimum atomic E-state index is -1.54. The molecular weight excluding hydrogens is 366 g/mol. The molecule has 1 aromatic rings. The average molecular weight is 381 g/mol. The van der Waals surface area contributed by atoms with E-state index in [0.717, 1.165) is 22.2 Å². The summed E-state index contributed by atoms with van der Waals surface area (Å²) >= 11 is 6.08. The van der Waals surface area contributed by atoms with Gasteiger partial charge < -0.3 is 14.9 Å². The van der Waals surface area contributed by atoms with Crippen LogP contribution in [0.1, 0.15) is 18.9 Å². The zero-order valence-corrected chi connectivity index (χ0v) is 15.0. The first-order chi connectivity index (χ1) is 11.8. The standard InChI is InChI=1S/C16H15NO6S2/c1-8(9-3-5-10(23-2)6-4-9)13-14(20)17(16(24)25-13)11(15(21)22)7-12(18)19/h3-6,11H,7H2,1-2H3,(H,18,19)(H,21,22). The van der Waals surface area contributed by atoms with Gasteiger partial charge in [0, 0.05) is 0 Å². The number of carboxylic acids is 2. The molecule has 7 nitrogen and oxygen atoms in total. The van der Waals surface area contributed by atoms with Gasteiger partial charge in [0.15, 0.2) is 0 Å². The highest BCUT2D eigenvalue weighted by Crippen LogP contribution is 2.38. The van der Waals surface area contributed by atoms with Crippen LogP contribution in [-0.4, -0.2) is 50.4 Å². The Morgan fingerprint density at radius 1 is 1.28 bits per heavy atom. The molecule has 1 aliphatic rings. The maximum absolute atomic E-state index is 12.7. The zero-order valence-electron chi connectivity index (χ0n) is 13.4. The maximum atomic E-state index is 12.7. The molecule has 0 bridgehead atoms. The predicted octanol–water partition coefficient (Wildman–Crippen LogP) is 2.21. The van der Waals surface area contributed by atoms with Crippen molar-refractivity contribution in [1.29, 1.82) is 0 Å². The number of nitrogens with zero attached hydrogens (tertiary/aromatic N) is 1. The number of hydrogen-bond acceptors (Lipinski definition) is 6. The number of methoxy groups -OCH3 is 1. The fourth-order valence-electron chi connectivity index (χ4n) is 2.30. The Kier molecular flexibility index (Phi) is 5.81. The molecule has 1 aromatic carbocycles. The molecule has 25 heavy (non-hydrogen) atoms. The first kappa shape index (κ1) is 18.9. The number of ether oxygens (including phenoxy) is 1. The van der Waals surface area contributed by atoms with Gasteiger partial charge in [-0.1, -0.05) is 36.1 Å². The summed E-state index contributed by atoms with van der Waals surface area (Å²) in [5, 5.41) is 18.2. The van der Waals surface area contributed by atoms with E-state index in [1.165, 1.54) is 0 Å². The summed E-state index contributed by atoms with van der Waals surface area (Å²) in [5.74, 6) is -2.67. The zero-order chi connectivity index (χ0) is 18.7. The van der Waals surface area contributed by atoms with Gasteiger partial charge in [-0.3, -0.25) is 14.5 Å². The quantitative estimate of drug-likeness (QED) is 0.571. The van der Waals surface area contributed by atoms with E-state index >= 15 is 0 Å². The number of aliphatic carboxylic acids is 2. The van der Waals surface area contributed by atoms with Gasteiger partial charge in [0.25, 0.3) is 5.91 Å². The molecule has 0 spiro atoms. The number of hydrogen-bond donors (Lipinski definition) is 2. The van der Waals surface area contributed by atoms with E-state index in [0.29, 0.717) is 11.3 Å². The second-order valence-electron chi connectivity index (χ2n) is 5.18. The van der Waals surface area contributed by atoms with Crippen molar-refractivity contribution in [2.75, 3.05) is 7.11 Å². The summed E-state index contributed by atoms with van der Waals surface area (Å²) in [7, 11) is 1.54. The summed E-state index contributed by atoms with van der Waals surface area (Å²) in [4.78, 5) is 36.1. The van der Waals surface area contributed by atoms with E-state index in [-0.39, 0.29) is 9.23 Å². The third-order valence-electron chi connectivity index (χ3n) is 3.63. The molecule has 1 heterocycles. The van der Waals surface area contributed by atoms with Crippen molar-refractivity contribution < 1.29 is 29.3 Å². The van der Waals surface area contributed by atoms with Crippen molar-refractivity contribution in [2.24, 2.45) is 0 Å². The number of carbonyl (C=O) groups is 3. The Morgan fingerprint density at radius 3 is 2.36 bits per heavy atom. The summed E-state index contributed by atoms with van der Waals surface area (Å²) in [6, 6.07) is 5.49. The van der Waals surface area contributed by atoms with Gasteiger partial charge in [-0.2, -0.15) is 0 Å². The Morgan fingerprint density at radius 2 is 1.88 bits per heavy atom. The molecule has 2 rings (SSSR count). The lowest BCUT2D eigenvalue weighted by Crippen LogP contribution is -2.45. The lowest BCUT2D eigenvalue weighted by molar-refractivity contribution is -0.150. The molecule has 1 saturated heterocycles. The number of amides is 1. The molecule has 1 atom stereocenters. The number of allylic oxidation sites excluding steroid dienone is 1. The Balaban J connectivity index is 2.38. The second kappa shape index (κ2) is 7.66. The fraction of sp³-hybridized carbons (Fsp3) is 0.250. The van der Waals surface area contributed by atoms with Crippen LogP contribution in [0.5, 0.6) is 5.75 Å².